The molecule has 0 saturated heterocycles. The summed E-state index contributed by atoms with van der Waals surface area (Å²) in [7, 11) is 2.16. The number of hydrogen-bond acceptors (Lipinski definition) is 3. The monoisotopic (exact) mass is 567 g/mol. The van der Waals surface area contributed by atoms with E-state index in [0.29, 0.717) is 32.0 Å². The lowest BCUT2D eigenvalue weighted by Crippen LogP contribution is -2.41. The molecule has 2 aliphatic rings. The van der Waals surface area contributed by atoms with Gasteiger partial charge in [0, 0.05) is 65.8 Å². The molecule has 0 bridgehead atoms. The Hall–Kier alpha value is -3.83. The molecule has 1 amide bonds. The minimum atomic E-state index is -0.0185. The molecule has 1 unspecified atom stereocenters. The number of carbonyl (C=O) groups is 1. The summed E-state index contributed by atoms with van der Waals surface area (Å²) in [4.78, 5) is 17.5. The number of para-hydroxylation sites is 2. The number of rotatable bonds is 14. The lowest BCUT2D eigenvalue weighted by molar-refractivity contribution is -0.401. The number of fused-ring (bicyclic) bond motifs is 2. The third-order valence-corrected chi connectivity index (χ3v) is 9.04. The zero-order valence-electron chi connectivity index (χ0n) is 26.0. The Morgan fingerprint density at radius 3 is 2.52 bits per heavy atom. The second-order valence-corrected chi connectivity index (χ2v) is 12.5. The highest BCUT2D eigenvalue weighted by Gasteiger charge is 2.44. The fourth-order valence-corrected chi connectivity index (χ4v) is 6.69. The highest BCUT2D eigenvalue weighted by molar-refractivity contribution is 6.03. The minimum absolute atomic E-state index is 0.0185. The molecule has 0 spiro atoms. The van der Waals surface area contributed by atoms with Gasteiger partial charge in [0.05, 0.1) is 5.41 Å². The molecule has 1 atom stereocenters. The van der Waals surface area contributed by atoms with E-state index in [0.717, 1.165) is 32.2 Å². The Morgan fingerprint density at radius 1 is 1.02 bits per heavy atom. The Balaban J connectivity index is 1.33. The van der Waals surface area contributed by atoms with Crippen molar-refractivity contribution in [3.8, 4) is 0 Å². The van der Waals surface area contributed by atoms with E-state index in [1.54, 1.807) is 0 Å². The second kappa shape index (κ2) is 13.9. The van der Waals surface area contributed by atoms with Gasteiger partial charge in [-0.1, -0.05) is 80.0 Å². The van der Waals surface area contributed by atoms with Gasteiger partial charge in [0.2, 0.25) is 11.6 Å². The van der Waals surface area contributed by atoms with Gasteiger partial charge in [-0.15, -0.1) is 0 Å². The quantitative estimate of drug-likeness (QED) is 0.0632. The van der Waals surface area contributed by atoms with E-state index >= 15 is 0 Å². The Labute approximate surface area is 251 Å². The van der Waals surface area contributed by atoms with Crippen LogP contribution in [0.3, 0.4) is 0 Å². The maximum atomic E-state index is 12.1. The largest absolute Gasteiger partial charge is 0.367 e. The molecule has 7 heteroatoms. The van der Waals surface area contributed by atoms with Crippen molar-refractivity contribution in [2.24, 2.45) is 5.11 Å². The van der Waals surface area contributed by atoms with Crippen LogP contribution in [0.4, 0.5) is 11.4 Å². The fourth-order valence-electron chi connectivity index (χ4n) is 6.69. The number of benzene rings is 2. The molecule has 0 fully saturated rings. The first-order valence-electron chi connectivity index (χ1n) is 15.4. The molecule has 1 N–H and O–H groups in total. The molecule has 2 aromatic carbocycles. The predicted octanol–water partition coefficient (Wildman–Crippen LogP) is 7.74. The third kappa shape index (κ3) is 6.79. The lowest BCUT2D eigenvalue weighted by Gasteiger charge is -2.34. The van der Waals surface area contributed by atoms with Crippen LogP contribution in [0.2, 0.25) is 0 Å². The van der Waals surface area contributed by atoms with Gasteiger partial charge in [-0.05, 0) is 56.7 Å². The summed E-state index contributed by atoms with van der Waals surface area (Å²) in [6.07, 6.45) is 14.1. The summed E-state index contributed by atoms with van der Waals surface area (Å²) >= 11 is 0. The van der Waals surface area contributed by atoms with E-state index < -0.39 is 0 Å². The Bertz CT molecular complexity index is 1400. The van der Waals surface area contributed by atoms with Crippen molar-refractivity contribution >= 4 is 23.0 Å². The van der Waals surface area contributed by atoms with Crippen molar-refractivity contribution in [2.75, 3.05) is 31.6 Å². The molecule has 2 aliphatic heterocycles. The molecule has 222 valence electrons. The van der Waals surface area contributed by atoms with Crippen LogP contribution in [0.5, 0.6) is 0 Å². The van der Waals surface area contributed by atoms with E-state index in [2.05, 4.69) is 132 Å². The molecule has 2 aromatic rings. The number of hydrogen-bond donors (Lipinski definition) is 1. The van der Waals surface area contributed by atoms with Crippen molar-refractivity contribution < 1.29 is 9.37 Å². The molecule has 0 radical (unpaired) electrons. The van der Waals surface area contributed by atoms with Crippen LogP contribution in [0.25, 0.3) is 10.4 Å². The average molecular weight is 568 g/mol. The fraction of sp³-hybridized carbons (Fsp3) is 0.486. The highest BCUT2D eigenvalue weighted by atomic mass is 16.1. The first-order chi connectivity index (χ1) is 20.2. The summed E-state index contributed by atoms with van der Waals surface area (Å²) in [6, 6.07) is 17.9. The van der Waals surface area contributed by atoms with Crippen LogP contribution in [0.1, 0.15) is 77.3 Å². The van der Waals surface area contributed by atoms with Crippen molar-refractivity contribution in [3.05, 3.63) is 94.4 Å². The van der Waals surface area contributed by atoms with Gasteiger partial charge >= 0.3 is 0 Å². The van der Waals surface area contributed by atoms with Gasteiger partial charge < -0.3 is 10.2 Å². The number of unbranched alkanes of at least 4 members (excludes halogenated alkanes) is 2. The molecule has 0 saturated carbocycles. The summed E-state index contributed by atoms with van der Waals surface area (Å²) in [6.45, 7) is 11.3. The van der Waals surface area contributed by atoms with Crippen molar-refractivity contribution in [2.45, 2.75) is 83.1 Å². The zero-order valence-corrected chi connectivity index (χ0v) is 26.0. The molecule has 0 aromatic heterocycles. The van der Waals surface area contributed by atoms with Crippen LogP contribution in [-0.2, 0) is 15.6 Å². The first kappa shape index (κ1) is 31.1. The molecular formula is C35H47N6O+. The van der Waals surface area contributed by atoms with Gasteiger partial charge in [-0.3, -0.25) is 4.79 Å². The minimum Gasteiger partial charge on any atom is -0.367 e. The van der Waals surface area contributed by atoms with Gasteiger partial charge in [0.15, 0.2) is 5.71 Å². The van der Waals surface area contributed by atoms with Crippen molar-refractivity contribution in [1.29, 1.82) is 0 Å². The molecule has 4 rings (SSSR count). The number of amides is 1. The zero-order chi connectivity index (χ0) is 30.2. The van der Waals surface area contributed by atoms with E-state index in [1.807, 2.05) is 0 Å². The second-order valence-electron chi connectivity index (χ2n) is 12.5. The topological polar surface area (TPSA) is 84.1 Å². The number of allylic oxidation sites excluding steroid dienone is 3. The summed E-state index contributed by atoms with van der Waals surface area (Å²) in [5.74, 6) is 0.0777. The molecule has 2 heterocycles. The normalized spacial score (nSPS) is 18.4. The predicted molar refractivity (Wildman–Crippen MR) is 174 cm³/mol. The van der Waals surface area contributed by atoms with Crippen LogP contribution in [0, 0.1) is 0 Å². The Kier molecular flexibility index (Phi) is 10.3. The van der Waals surface area contributed by atoms with Crippen molar-refractivity contribution in [3.63, 3.8) is 0 Å². The SMILES string of the molecule is C[N+]1=C(/C=C/C=C/CC2N(CCCCCC(=O)NCCCN=[N+]=[N-])c3ccccc3C2(C)C)C(C)(C)c2ccccc21. The van der Waals surface area contributed by atoms with Crippen LogP contribution in [-0.4, -0.2) is 48.9 Å². The van der Waals surface area contributed by atoms with Crippen LogP contribution < -0.4 is 10.2 Å². The van der Waals surface area contributed by atoms with Gasteiger partial charge in [-0.25, -0.2) is 0 Å². The summed E-state index contributed by atoms with van der Waals surface area (Å²) in [5.41, 5.74) is 15.1. The number of nitrogens with one attached hydrogen (secondary N) is 1. The average Bonchev–Trinajstić information content (AvgIpc) is 3.31. The van der Waals surface area contributed by atoms with Gasteiger partial charge in [-0.2, -0.15) is 4.58 Å². The van der Waals surface area contributed by atoms with E-state index in [9.17, 15) is 4.79 Å². The van der Waals surface area contributed by atoms with Crippen LogP contribution in [0.15, 0.2) is 77.9 Å². The van der Waals surface area contributed by atoms with Crippen molar-refractivity contribution in [1.82, 2.24) is 5.32 Å². The maximum absolute atomic E-state index is 12.1. The van der Waals surface area contributed by atoms with E-state index in [4.69, 9.17) is 5.53 Å². The number of carbonyl (C=O) groups excluding carboxylic acids is 1. The molecule has 0 aliphatic carbocycles. The third-order valence-electron chi connectivity index (χ3n) is 9.04. The highest BCUT2D eigenvalue weighted by Crippen LogP contribution is 2.46. The van der Waals surface area contributed by atoms with E-state index in [1.165, 1.54) is 28.2 Å². The molecule has 42 heavy (non-hydrogen) atoms. The smallest absolute Gasteiger partial charge is 0.219 e. The van der Waals surface area contributed by atoms with Crippen LogP contribution >= 0.6 is 0 Å². The lowest BCUT2D eigenvalue weighted by atomic mass is 9.79. The molecule has 7 nitrogen and oxygen atoms in total. The number of nitrogens with zero attached hydrogens (tertiary/aromatic N) is 5. The number of anilines is 1. The van der Waals surface area contributed by atoms with E-state index in [-0.39, 0.29) is 16.7 Å². The van der Waals surface area contributed by atoms with Gasteiger partial charge in [0.25, 0.3) is 0 Å². The summed E-state index contributed by atoms with van der Waals surface area (Å²) in [5, 5.41) is 6.42. The summed E-state index contributed by atoms with van der Waals surface area (Å²) < 4.78 is 2.31. The standard InChI is InChI=1S/C35H46N6O/c1-34(2)27-17-11-13-19-29(27)40(5)31(34)21-8-6-9-22-32-35(3,4)28-18-12-14-20-30(28)41(32)26-15-7-10-23-33(42)37-24-16-25-38-39-36/h6,8-9,11-14,17-21,32H,7,10,15-16,22-26H2,1-5H3/p+1/b9-6+,21-8+. The van der Waals surface area contributed by atoms with Gasteiger partial charge in [0.1, 0.15) is 7.05 Å². The molecular weight excluding hydrogens is 520 g/mol. The first-order valence-corrected chi connectivity index (χ1v) is 15.4. The Morgan fingerprint density at radius 2 is 1.76 bits per heavy atom. The maximum Gasteiger partial charge on any atom is 0.219 e. The number of azide groups is 1.